The molecule has 4 nitrogen and oxygen atoms in total. The zero-order chi connectivity index (χ0) is 11.0. The molecule has 1 saturated heterocycles. The predicted molar refractivity (Wildman–Crippen MR) is 60.2 cm³/mol. The maximum absolute atomic E-state index is 5.35. The number of nitrogens with zero attached hydrogens (tertiary/aromatic N) is 2. The first-order chi connectivity index (χ1) is 7.76. The minimum Gasteiger partial charge on any atom is -0.339 e. The van der Waals surface area contributed by atoms with Crippen LogP contribution in [0.4, 0.5) is 0 Å². The van der Waals surface area contributed by atoms with Gasteiger partial charge in [-0.2, -0.15) is 4.98 Å². The Morgan fingerprint density at radius 1 is 1.50 bits per heavy atom. The van der Waals surface area contributed by atoms with E-state index < -0.39 is 0 Å². The summed E-state index contributed by atoms with van der Waals surface area (Å²) < 4.78 is 5.35. The summed E-state index contributed by atoms with van der Waals surface area (Å²) in [5.74, 6) is 2.43. The molecule has 1 aliphatic carbocycles. The van der Waals surface area contributed by atoms with Crippen LogP contribution in [0.1, 0.15) is 44.3 Å². The maximum atomic E-state index is 5.35. The Morgan fingerprint density at radius 2 is 2.38 bits per heavy atom. The van der Waals surface area contributed by atoms with Gasteiger partial charge in [0.05, 0.1) is 0 Å². The summed E-state index contributed by atoms with van der Waals surface area (Å²) in [6, 6.07) is 0. The maximum Gasteiger partial charge on any atom is 0.226 e. The molecule has 1 aliphatic heterocycles. The molecular formula is C12H19N3O. The monoisotopic (exact) mass is 221 g/mol. The van der Waals surface area contributed by atoms with E-state index in [0.717, 1.165) is 31.2 Å². The van der Waals surface area contributed by atoms with Gasteiger partial charge in [0, 0.05) is 11.8 Å². The molecule has 1 N–H and O–H groups in total. The SMILES string of the molecule is CC1(c2noc(CC3CCCNC3)n2)CC1. The van der Waals surface area contributed by atoms with Gasteiger partial charge >= 0.3 is 0 Å². The molecular weight excluding hydrogens is 202 g/mol. The number of hydrogen-bond acceptors (Lipinski definition) is 4. The van der Waals surface area contributed by atoms with Crippen LogP contribution in [0.3, 0.4) is 0 Å². The van der Waals surface area contributed by atoms with Crippen molar-refractivity contribution in [2.45, 2.75) is 44.4 Å². The summed E-state index contributed by atoms with van der Waals surface area (Å²) in [5.41, 5.74) is 0.229. The summed E-state index contributed by atoms with van der Waals surface area (Å²) in [4.78, 5) is 4.53. The van der Waals surface area contributed by atoms with Gasteiger partial charge in [-0.3, -0.25) is 0 Å². The second-order valence-corrected chi connectivity index (χ2v) is 5.49. The molecule has 4 heteroatoms. The molecule has 88 valence electrons. The average Bonchev–Trinajstić information content (AvgIpc) is 2.88. The molecule has 1 unspecified atom stereocenters. The van der Waals surface area contributed by atoms with E-state index in [0.29, 0.717) is 5.92 Å². The Morgan fingerprint density at radius 3 is 3.06 bits per heavy atom. The molecule has 2 fully saturated rings. The second-order valence-electron chi connectivity index (χ2n) is 5.49. The third kappa shape index (κ3) is 1.98. The summed E-state index contributed by atoms with van der Waals surface area (Å²) in [6.07, 6.45) is 5.90. The van der Waals surface area contributed by atoms with Gasteiger partial charge in [-0.15, -0.1) is 0 Å². The van der Waals surface area contributed by atoms with E-state index in [1.165, 1.54) is 25.7 Å². The van der Waals surface area contributed by atoms with Gasteiger partial charge in [0.25, 0.3) is 0 Å². The molecule has 0 spiro atoms. The van der Waals surface area contributed by atoms with Gasteiger partial charge in [0.2, 0.25) is 5.89 Å². The predicted octanol–water partition coefficient (Wildman–Crippen LogP) is 1.66. The third-order valence-corrected chi connectivity index (χ3v) is 3.87. The minimum atomic E-state index is 0.229. The quantitative estimate of drug-likeness (QED) is 0.843. The van der Waals surface area contributed by atoms with Crippen LogP contribution in [-0.2, 0) is 11.8 Å². The van der Waals surface area contributed by atoms with E-state index in [1.54, 1.807) is 0 Å². The second kappa shape index (κ2) is 3.84. The summed E-state index contributed by atoms with van der Waals surface area (Å²) in [5, 5.41) is 7.52. The Kier molecular flexibility index (Phi) is 2.46. The van der Waals surface area contributed by atoms with E-state index in [1.807, 2.05) is 0 Å². The van der Waals surface area contributed by atoms with Gasteiger partial charge in [-0.05, 0) is 44.7 Å². The topological polar surface area (TPSA) is 51.0 Å². The van der Waals surface area contributed by atoms with Crippen molar-refractivity contribution in [1.29, 1.82) is 0 Å². The van der Waals surface area contributed by atoms with E-state index in [9.17, 15) is 0 Å². The highest BCUT2D eigenvalue weighted by molar-refractivity contribution is 5.14. The number of rotatable bonds is 3. The van der Waals surface area contributed by atoms with Gasteiger partial charge in [0.1, 0.15) is 0 Å². The molecule has 16 heavy (non-hydrogen) atoms. The molecule has 0 aromatic carbocycles. The number of piperidine rings is 1. The number of aromatic nitrogens is 2. The standard InChI is InChI=1S/C12H19N3O/c1-12(4-5-12)11-14-10(16-15-11)7-9-3-2-6-13-8-9/h9,13H,2-8H2,1H3. The third-order valence-electron chi connectivity index (χ3n) is 3.87. The van der Waals surface area contributed by atoms with Crippen LogP contribution in [0.15, 0.2) is 4.52 Å². The molecule has 1 aromatic heterocycles. The molecule has 0 radical (unpaired) electrons. The number of nitrogens with one attached hydrogen (secondary N) is 1. The Bertz CT molecular complexity index is 364. The molecule has 0 bridgehead atoms. The summed E-state index contributed by atoms with van der Waals surface area (Å²) >= 11 is 0. The highest BCUT2D eigenvalue weighted by Crippen LogP contribution is 2.46. The van der Waals surface area contributed by atoms with Gasteiger partial charge < -0.3 is 9.84 Å². The summed E-state index contributed by atoms with van der Waals surface area (Å²) in [7, 11) is 0. The highest BCUT2D eigenvalue weighted by Gasteiger charge is 2.43. The largest absolute Gasteiger partial charge is 0.339 e. The molecule has 0 amide bonds. The van der Waals surface area contributed by atoms with Crippen LogP contribution < -0.4 is 5.32 Å². The van der Waals surface area contributed by atoms with Crippen molar-refractivity contribution in [3.8, 4) is 0 Å². The summed E-state index contributed by atoms with van der Waals surface area (Å²) in [6.45, 7) is 4.46. The molecule has 2 heterocycles. The molecule has 1 atom stereocenters. The Labute approximate surface area is 95.8 Å². The lowest BCUT2D eigenvalue weighted by Gasteiger charge is -2.20. The van der Waals surface area contributed by atoms with E-state index in [4.69, 9.17) is 4.52 Å². The van der Waals surface area contributed by atoms with Crippen molar-refractivity contribution < 1.29 is 4.52 Å². The fraction of sp³-hybridized carbons (Fsp3) is 0.833. The van der Waals surface area contributed by atoms with Crippen molar-refractivity contribution in [3.63, 3.8) is 0 Å². The molecule has 1 saturated carbocycles. The minimum absolute atomic E-state index is 0.229. The van der Waals surface area contributed by atoms with Crippen LogP contribution in [0.2, 0.25) is 0 Å². The van der Waals surface area contributed by atoms with Crippen molar-refractivity contribution in [1.82, 2.24) is 15.5 Å². The van der Waals surface area contributed by atoms with Gasteiger partial charge in [-0.1, -0.05) is 12.1 Å². The van der Waals surface area contributed by atoms with Gasteiger partial charge in [-0.25, -0.2) is 0 Å². The van der Waals surface area contributed by atoms with Crippen LogP contribution in [0.25, 0.3) is 0 Å². The van der Waals surface area contributed by atoms with Crippen molar-refractivity contribution in [2.24, 2.45) is 5.92 Å². The Balaban J connectivity index is 1.63. The van der Waals surface area contributed by atoms with E-state index >= 15 is 0 Å². The molecule has 2 aliphatic rings. The Hall–Kier alpha value is -0.900. The highest BCUT2D eigenvalue weighted by atomic mass is 16.5. The fourth-order valence-corrected chi connectivity index (χ4v) is 2.34. The lowest BCUT2D eigenvalue weighted by molar-refractivity contribution is 0.313. The van der Waals surface area contributed by atoms with E-state index in [2.05, 4.69) is 22.4 Å². The zero-order valence-corrected chi connectivity index (χ0v) is 9.83. The van der Waals surface area contributed by atoms with Crippen LogP contribution >= 0.6 is 0 Å². The molecule has 1 aromatic rings. The first kappa shape index (κ1) is 10.3. The number of hydrogen-bond donors (Lipinski definition) is 1. The zero-order valence-electron chi connectivity index (χ0n) is 9.83. The molecule has 3 rings (SSSR count). The normalized spacial score (nSPS) is 27.9. The first-order valence-electron chi connectivity index (χ1n) is 6.30. The van der Waals surface area contributed by atoms with Crippen LogP contribution in [-0.4, -0.2) is 23.2 Å². The first-order valence-corrected chi connectivity index (χ1v) is 6.30. The fourth-order valence-electron chi connectivity index (χ4n) is 2.34. The van der Waals surface area contributed by atoms with Crippen LogP contribution in [0.5, 0.6) is 0 Å². The average molecular weight is 221 g/mol. The van der Waals surface area contributed by atoms with E-state index in [-0.39, 0.29) is 5.41 Å². The van der Waals surface area contributed by atoms with Crippen molar-refractivity contribution >= 4 is 0 Å². The lowest BCUT2D eigenvalue weighted by Crippen LogP contribution is -2.30. The van der Waals surface area contributed by atoms with Crippen molar-refractivity contribution in [2.75, 3.05) is 13.1 Å². The smallest absolute Gasteiger partial charge is 0.226 e. The van der Waals surface area contributed by atoms with Gasteiger partial charge in [0.15, 0.2) is 5.82 Å². The van der Waals surface area contributed by atoms with Crippen molar-refractivity contribution in [3.05, 3.63) is 11.7 Å². The van der Waals surface area contributed by atoms with Crippen LogP contribution in [0, 0.1) is 5.92 Å². The lowest BCUT2D eigenvalue weighted by atomic mass is 9.96.